The number of Topliss-reactive ketones (excluding diaryl/α,β-unsaturated/α-hetero) is 1. The van der Waals surface area contributed by atoms with Crippen molar-refractivity contribution in [1.29, 1.82) is 0 Å². The van der Waals surface area contributed by atoms with Crippen LogP contribution in [0, 0.1) is 0 Å². The van der Waals surface area contributed by atoms with Gasteiger partial charge in [-0.1, -0.05) is 24.3 Å². The van der Waals surface area contributed by atoms with Crippen LogP contribution in [0.15, 0.2) is 65.8 Å². The lowest BCUT2D eigenvalue weighted by Crippen LogP contribution is -3.01. The predicted octanol–water partition coefficient (Wildman–Crippen LogP) is 2.37. The van der Waals surface area contributed by atoms with Crippen LogP contribution in [0.25, 0.3) is 5.57 Å². The molecule has 1 aliphatic heterocycles. The van der Waals surface area contributed by atoms with Crippen molar-refractivity contribution in [3.05, 3.63) is 87.4 Å². The quantitative estimate of drug-likeness (QED) is 0.819. The number of benzene rings is 1. The van der Waals surface area contributed by atoms with Gasteiger partial charge in [0.15, 0.2) is 5.78 Å². The van der Waals surface area contributed by atoms with Crippen LogP contribution in [-0.2, 0) is 11.2 Å². The van der Waals surface area contributed by atoms with Gasteiger partial charge in [0, 0.05) is 24.1 Å². The maximum absolute atomic E-state index is 12.6. The fourth-order valence-electron chi connectivity index (χ4n) is 3.08. The van der Waals surface area contributed by atoms with E-state index < -0.39 is 0 Å². The molecular formula is C19H14NO2S+. The number of ketones is 1. The van der Waals surface area contributed by atoms with Gasteiger partial charge in [0.1, 0.15) is 12.4 Å². The molecule has 0 spiro atoms. The molecule has 0 unspecified atom stereocenters. The topological polar surface area (TPSA) is 38.6 Å². The number of fused-ring (bicyclic) bond motifs is 2. The first-order chi connectivity index (χ1) is 11.3. The van der Waals surface area contributed by atoms with Gasteiger partial charge in [-0.2, -0.15) is 0 Å². The number of hydrogen-bond acceptors (Lipinski definition) is 3. The Kier molecular flexibility index (Phi) is 3.41. The number of carbonyl (C=O) groups excluding carboxylic acids is 2. The smallest absolute Gasteiger partial charge is 0.293 e. The Morgan fingerprint density at radius 1 is 1.04 bits per heavy atom. The lowest BCUT2D eigenvalue weighted by Gasteiger charge is -2.14. The molecule has 2 aromatic rings. The Morgan fingerprint density at radius 2 is 1.83 bits per heavy atom. The molecule has 0 radical (unpaired) electrons. The summed E-state index contributed by atoms with van der Waals surface area (Å²) >= 11 is 1.50. The van der Waals surface area contributed by atoms with Gasteiger partial charge < -0.3 is 0 Å². The van der Waals surface area contributed by atoms with Crippen molar-refractivity contribution in [2.45, 2.75) is 6.42 Å². The first-order valence-corrected chi connectivity index (χ1v) is 8.28. The standard InChI is InChI=1S/C19H13NO2S/c21-12-20-8-5-13(6-9-20)18-15-4-2-1-3-14(15)11-17(22)19-16(18)7-10-23-19/h1-10,12H,11H2/p+1. The second-order valence-corrected chi connectivity index (χ2v) is 6.45. The van der Waals surface area contributed by atoms with Crippen molar-refractivity contribution in [1.82, 2.24) is 0 Å². The molecule has 0 fully saturated rings. The summed E-state index contributed by atoms with van der Waals surface area (Å²) in [5, 5.41) is 1.97. The maximum atomic E-state index is 12.6. The minimum absolute atomic E-state index is 0.168. The van der Waals surface area contributed by atoms with E-state index in [2.05, 4.69) is 6.07 Å². The van der Waals surface area contributed by atoms with Gasteiger partial charge in [0.25, 0.3) is 0 Å². The molecule has 23 heavy (non-hydrogen) atoms. The molecule has 0 bridgehead atoms. The lowest BCUT2D eigenvalue weighted by molar-refractivity contribution is -0.692. The summed E-state index contributed by atoms with van der Waals surface area (Å²) in [5.41, 5.74) is 5.23. The lowest BCUT2D eigenvalue weighted by atomic mass is 9.91. The van der Waals surface area contributed by atoms with E-state index in [4.69, 9.17) is 0 Å². The minimum Gasteiger partial charge on any atom is -0.293 e. The Balaban J connectivity index is 2.00. The van der Waals surface area contributed by atoms with Crippen LogP contribution in [0.1, 0.15) is 26.4 Å². The van der Waals surface area contributed by atoms with Gasteiger partial charge in [-0.05, 0) is 33.7 Å². The van der Waals surface area contributed by atoms with E-state index in [9.17, 15) is 9.59 Å². The van der Waals surface area contributed by atoms with Crippen LogP contribution < -0.4 is 4.90 Å². The molecule has 1 aromatic heterocycles. The number of carbonyl (C=O) groups is 2. The zero-order valence-corrected chi connectivity index (χ0v) is 13.1. The van der Waals surface area contributed by atoms with Crippen LogP contribution in [0.3, 0.4) is 0 Å². The molecule has 1 amide bonds. The molecule has 0 saturated carbocycles. The van der Waals surface area contributed by atoms with Crippen LogP contribution in [-0.4, -0.2) is 12.2 Å². The summed E-state index contributed by atoms with van der Waals surface area (Å²) in [6.07, 6.45) is 8.81. The molecular weight excluding hydrogens is 306 g/mol. The fraction of sp³-hybridized carbons (Fsp3) is 0.0526. The number of rotatable bonds is 1. The zero-order chi connectivity index (χ0) is 15.8. The molecule has 1 N–H and O–H groups in total. The highest BCUT2D eigenvalue weighted by molar-refractivity contribution is 7.12. The number of quaternary nitrogens is 1. The average molecular weight is 320 g/mol. The van der Waals surface area contributed by atoms with Gasteiger partial charge in [0.05, 0.1) is 4.88 Å². The third kappa shape index (κ3) is 2.32. The van der Waals surface area contributed by atoms with Crippen LogP contribution in [0.2, 0.25) is 0 Å². The fourth-order valence-corrected chi connectivity index (χ4v) is 3.92. The van der Waals surface area contributed by atoms with Crippen molar-refractivity contribution in [3.8, 4) is 0 Å². The molecule has 0 saturated heterocycles. The van der Waals surface area contributed by atoms with Crippen molar-refractivity contribution < 1.29 is 14.5 Å². The summed E-state index contributed by atoms with van der Waals surface area (Å²) in [6, 6.07) is 10.1. The highest BCUT2D eigenvalue weighted by Gasteiger charge is 2.26. The SMILES string of the molecule is O=C[NH+]1C=CC(=C2c3ccccc3CC(=O)c3sccc32)C=C1. The third-order valence-corrected chi connectivity index (χ3v) is 5.12. The van der Waals surface area contributed by atoms with E-state index in [1.54, 1.807) is 0 Å². The van der Waals surface area contributed by atoms with Crippen LogP contribution in [0.5, 0.6) is 0 Å². The highest BCUT2D eigenvalue weighted by Crippen LogP contribution is 2.38. The van der Waals surface area contributed by atoms with Gasteiger partial charge in [-0.3, -0.25) is 4.79 Å². The Morgan fingerprint density at radius 3 is 2.61 bits per heavy atom. The van der Waals surface area contributed by atoms with E-state index >= 15 is 0 Å². The van der Waals surface area contributed by atoms with Crippen molar-refractivity contribution in [2.24, 2.45) is 0 Å². The van der Waals surface area contributed by atoms with E-state index in [1.165, 1.54) is 11.3 Å². The van der Waals surface area contributed by atoms with Crippen LogP contribution in [0.4, 0.5) is 0 Å². The van der Waals surface area contributed by atoms with Gasteiger partial charge >= 0.3 is 6.41 Å². The Labute approximate surface area is 137 Å². The van der Waals surface area contributed by atoms with E-state index in [0.717, 1.165) is 39.1 Å². The molecule has 4 heteroatoms. The zero-order valence-electron chi connectivity index (χ0n) is 12.3. The number of amides is 1. The second-order valence-electron chi connectivity index (χ2n) is 5.54. The predicted molar refractivity (Wildman–Crippen MR) is 90.1 cm³/mol. The summed E-state index contributed by atoms with van der Waals surface area (Å²) in [6.45, 7) is 0. The summed E-state index contributed by atoms with van der Waals surface area (Å²) < 4.78 is 0. The maximum Gasteiger partial charge on any atom is 0.309 e. The van der Waals surface area contributed by atoms with Gasteiger partial charge in [0.2, 0.25) is 0 Å². The van der Waals surface area contributed by atoms with Gasteiger partial charge in [-0.25, -0.2) is 9.69 Å². The summed E-state index contributed by atoms with van der Waals surface area (Å²) in [5.74, 6) is 0.168. The molecule has 2 heterocycles. The first-order valence-electron chi connectivity index (χ1n) is 7.40. The molecule has 112 valence electrons. The van der Waals surface area contributed by atoms with Crippen LogP contribution >= 0.6 is 11.3 Å². The number of thiophene rings is 1. The largest absolute Gasteiger partial charge is 0.309 e. The normalized spacial score (nSPS) is 19.3. The molecule has 3 nitrogen and oxygen atoms in total. The van der Waals surface area contributed by atoms with E-state index in [-0.39, 0.29) is 5.78 Å². The number of nitrogens with one attached hydrogen (secondary N) is 1. The highest BCUT2D eigenvalue weighted by atomic mass is 32.1. The van der Waals surface area contributed by atoms with E-state index in [0.29, 0.717) is 11.3 Å². The van der Waals surface area contributed by atoms with Crippen molar-refractivity contribution in [3.63, 3.8) is 0 Å². The third-order valence-electron chi connectivity index (χ3n) is 4.16. The summed E-state index contributed by atoms with van der Waals surface area (Å²) in [4.78, 5) is 24.9. The van der Waals surface area contributed by atoms with Gasteiger partial charge in [-0.15, -0.1) is 11.3 Å². The molecule has 0 atom stereocenters. The van der Waals surface area contributed by atoms with Crippen molar-refractivity contribution in [2.75, 3.05) is 0 Å². The summed E-state index contributed by atoms with van der Waals surface area (Å²) in [7, 11) is 0. The number of allylic oxidation sites excluding steroid dienone is 3. The molecule has 1 aliphatic carbocycles. The Hall–Kier alpha value is -2.56. The molecule has 1 aromatic carbocycles. The molecule has 2 aliphatic rings. The van der Waals surface area contributed by atoms with Crippen molar-refractivity contribution >= 4 is 29.1 Å². The number of hydrogen-bond donors (Lipinski definition) is 1. The second kappa shape index (κ2) is 5.57. The molecule has 4 rings (SSSR count). The van der Waals surface area contributed by atoms with E-state index in [1.807, 2.05) is 54.2 Å². The monoisotopic (exact) mass is 320 g/mol. The Bertz CT molecular complexity index is 886. The first kappa shape index (κ1) is 14.1. The minimum atomic E-state index is 0.168. The average Bonchev–Trinajstić information content (AvgIpc) is 3.03.